The van der Waals surface area contributed by atoms with Gasteiger partial charge in [-0.05, 0) is 38.5 Å². The second-order valence-electron chi connectivity index (χ2n) is 5.90. The quantitative estimate of drug-likeness (QED) is 0.783. The largest absolute Gasteiger partial charge is 0.479 e. The first-order valence-electron chi connectivity index (χ1n) is 7.33. The number of rotatable bonds is 5. The van der Waals surface area contributed by atoms with Crippen molar-refractivity contribution in [1.29, 1.82) is 0 Å². The number of carboxylic acids is 1. The summed E-state index contributed by atoms with van der Waals surface area (Å²) in [5.74, 6) is -1.12. The Morgan fingerprint density at radius 2 is 1.84 bits per heavy atom. The molecular formula is C14H24FNO3. The first kappa shape index (κ1) is 14.7. The second kappa shape index (κ2) is 6.18. The van der Waals surface area contributed by atoms with Gasteiger partial charge >= 0.3 is 5.97 Å². The lowest BCUT2D eigenvalue weighted by Crippen LogP contribution is -2.50. The van der Waals surface area contributed by atoms with Crippen LogP contribution in [0.2, 0.25) is 0 Å². The molecule has 0 amide bonds. The van der Waals surface area contributed by atoms with Gasteiger partial charge in [0, 0.05) is 13.1 Å². The van der Waals surface area contributed by atoms with Crippen LogP contribution in [-0.2, 0) is 9.53 Å². The molecule has 110 valence electrons. The van der Waals surface area contributed by atoms with Crippen LogP contribution >= 0.6 is 0 Å². The molecule has 2 fully saturated rings. The minimum atomic E-state index is -1.59. The van der Waals surface area contributed by atoms with Gasteiger partial charge < -0.3 is 9.84 Å². The highest BCUT2D eigenvalue weighted by atomic mass is 19.1. The van der Waals surface area contributed by atoms with E-state index in [1.165, 1.54) is 6.92 Å². The maximum absolute atomic E-state index is 14.2. The molecule has 2 rings (SSSR count). The van der Waals surface area contributed by atoms with E-state index >= 15 is 0 Å². The number of hydrogen-bond acceptors (Lipinski definition) is 3. The molecule has 4 nitrogen and oxygen atoms in total. The molecule has 0 bridgehead atoms. The average Bonchev–Trinajstić information content (AvgIpc) is 2.93. The summed E-state index contributed by atoms with van der Waals surface area (Å²) in [4.78, 5) is 13.1. The molecule has 0 aromatic rings. The van der Waals surface area contributed by atoms with Gasteiger partial charge in [-0.2, -0.15) is 4.39 Å². The molecule has 1 unspecified atom stereocenters. The third-order valence-corrected chi connectivity index (χ3v) is 4.58. The van der Waals surface area contributed by atoms with Crippen molar-refractivity contribution >= 4 is 5.97 Å². The molecule has 1 saturated carbocycles. The smallest absolute Gasteiger partial charge is 0.336 e. The highest BCUT2D eigenvalue weighted by molar-refractivity contribution is 5.77. The molecule has 1 aliphatic heterocycles. The third kappa shape index (κ3) is 3.26. The Hall–Kier alpha value is -0.680. The van der Waals surface area contributed by atoms with Crippen molar-refractivity contribution in [2.24, 2.45) is 5.92 Å². The fourth-order valence-electron chi connectivity index (χ4n) is 3.20. The van der Waals surface area contributed by atoms with Crippen LogP contribution < -0.4 is 0 Å². The van der Waals surface area contributed by atoms with Gasteiger partial charge in [0.15, 0.2) is 5.60 Å². The summed E-state index contributed by atoms with van der Waals surface area (Å²) in [6.45, 7) is 1.25. The van der Waals surface area contributed by atoms with Gasteiger partial charge in [0.2, 0.25) is 0 Å². The Morgan fingerprint density at radius 3 is 2.37 bits per heavy atom. The van der Waals surface area contributed by atoms with E-state index in [1.807, 2.05) is 0 Å². The first-order valence-corrected chi connectivity index (χ1v) is 7.33. The maximum Gasteiger partial charge on any atom is 0.336 e. The van der Waals surface area contributed by atoms with E-state index in [9.17, 15) is 14.3 Å². The molecule has 1 saturated heterocycles. The Morgan fingerprint density at radius 1 is 1.26 bits per heavy atom. The van der Waals surface area contributed by atoms with E-state index < -0.39 is 18.1 Å². The SMILES string of the molecule is C[C@@](OC(F)N1CCCC1)(C(=O)O)C1CCCCC1. The Labute approximate surface area is 113 Å². The summed E-state index contributed by atoms with van der Waals surface area (Å²) in [7, 11) is 0. The van der Waals surface area contributed by atoms with Crippen molar-refractivity contribution in [3.63, 3.8) is 0 Å². The van der Waals surface area contributed by atoms with E-state index in [-0.39, 0.29) is 5.92 Å². The third-order valence-electron chi connectivity index (χ3n) is 4.58. The topological polar surface area (TPSA) is 49.8 Å². The number of carboxylic acid groups (broad SMARTS) is 1. The van der Waals surface area contributed by atoms with Crippen LogP contribution in [0, 0.1) is 5.92 Å². The Balaban J connectivity index is 2.03. The lowest BCUT2D eigenvalue weighted by atomic mass is 9.77. The minimum Gasteiger partial charge on any atom is -0.479 e. The second-order valence-corrected chi connectivity index (χ2v) is 5.90. The van der Waals surface area contributed by atoms with E-state index in [4.69, 9.17) is 4.74 Å². The molecule has 0 aromatic carbocycles. The van der Waals surface area contributed by atoms with Crippen LogP contribution in [0.4, 0.5) is 4.39 Å². The summed E-state index contributed by atoms with van der Waals surface area (Å²) in [5, 5.41) is 9.47. The fraction of sp³-hybridized carbons (Fsp3) is 0.929. The Bertz CT molecular complexity index is 314. The van der Waals surface area contributed by atoms with Crippen LogP contribution in [-0.4, -0.2) is 41.1 Å². The fourth-order valence-corrected chi connectivity index (χ4v) is 3.20. The molecule has 1 heterocycles. The predicted octanol–water partition coefficient (Wildman–Crippen LogP) is 2.78. The van der Waals surface area contributed by atoms with Crippen LogP contribution in [0.1, 0.15) is 51.9 Å². The van der Waals surface area contributed by atoms with Gasteiger partial charge in [-0.3, -0.25) is 4.90 Å². The summed E-state index contributed by atoms with van der Waals surface area (Å²) < 4.78 is 19.5. The highest BCUT2D eigenvalue weighted by Gasteiger charge is 2.46. The molecule has 19 heavy (non-hydrogen) atoms. The first-order chi connectivity index (χ1) is 9.04. The number of aliphatic carboxylic acids is 1. The molecule has 2 aliphatic rings. The van der Waals surface area contributed by atoms with Crippen LogP contribution in [0.25, 0.3) is 0 Å². The average molecular weight is 273 g/mol. The standard InChI is InChI=1S/C14H24FNO3/c1-14(12(17)18,11-7-3-2-4-8-11)19-13(15)16-9-5-6-10-16/h11,13H,2-10H2,1H3,(H,17,18)/t13?,14-/m0/s1. The van der Waals surface area contributed by atoms with Gasteiger partial charge in [0.25, 0.3) is 6.48 Å². The van der Waals surface area contributed by atoms with Crippen LogP contribution in [0.15, 0.2) is 0 Å². The van der Waals surface area contributed by atoms with Crippen molar-refractivity contribution in [3.8, 4) is 0 Å². The highest BCUT2D eigenvalue weighted by Crippen LogP contribution is 2.36. The number of alkyl halides is 1. The van der Waals surface area contributed by atoms with E-state index in [1.54, 1.807) is 4.90 Å². The molecular weight excluding hydrogens is 249 g/mol. The molecule has 0 spiro atoms. The maximum atomic E-state index is 14.2. The summed E-state index contributed by atoms with van der Waals surface area (Å²) in [6, 6.07) is 0. The number of nitrogens with zero attached hydrogens (tertiary/aromatic N) is 1. The van der Waals surface area contributed by atoms with Crippen molar-refractivity contribution in [1.82, 2.24) is 4.90 Å². The minimum absolute atomic E-state index is 0.0837. The molecule has 5 heteroatoms. The van der Waals surface area contributed by atoms with Gasteiger partial charge in [-0.1, -0.05) is 19.3 Å². The number of carbonyl (C=O) groups is 1. The predicted molar refractivity (Wildman–Crippen MR) is 69.4 cm³/mol. The zero-order chi connectivity index (χ0) is 13.9. The number of ether oxygens (including phenoxy) is 1. The van der Waals surface area contributed by atoms with Gasteiger partial charge in [-0.25, -0.2) is 4.79 Å². The summed E-state index contributed by atoms with van der Waals surface area (Å²) in [6.07, 6.45) is 6.70. The monoisotopic (exact) mass is 273 g/mol. The molecule has 1 N–H and O–H groups in total. The van der Waals surface area contributed by atoms with Crippen LogP contribution in [0.5, 0.6) is 0 Å². The van der Waals surface area contributed by atoms with Crippen molar-refractivity contribution in [2.75, 3.05) is 13.1 Å². The molecule has 1 aliphatic carbocycles. The molecule has 2 atom stereocenters. The van der Waals surface area contributed by atoms with Crippen LogP contribution in [0.3, 0.4) is 0 Å². The zero-order valence-corrected chi connectivity index (χ0v) is 11.6. The van der Waals surface area contributed by atoms with E-state index in [0.717, 1.165) is 44.9 Å². The lowest BCUT2D eigenvalue weighted by Gasteiger charge is -2.38. The summed E-state index contributed by atoms with van der Waals surface area (Å²) in [5.41, 5.74) is -1.40. The van der Waals surface area contributed by atoms with Gasteiger partial charge in [-0.15, -0.1) is 0 Å². The number of halogens is 1. The number of likely N-dealkylation sites (tertiary alicyclic amines) is 1. The van der Waals surface area contributed by atoms with Crippen molar-refractivity contribution in [3.05, 3.63) is 0 Å². The summed E-state index contributed by atoms with van der Waals surface area (Å²) >= 11 is 0. The zero-order valence-electron chi connectivity index (χ0n) is 11.6. The molecule has 0 radical (unpaired) electrons. The normalized spacial score (nSPS) is 27.1. The van der Waals surface area contributed by atoms with Crippen molar-refractivity contribution in [2.45, 2.75) is 64.0 Å². The molecule has 0 aromatic heterocycles. The number of hydrogen-bond donors (Lipinski definition) is 1. The van der Waals surface area contributed by atoms with Gasteiger partial charge in [0.1, 0.15) is 0 Å². The Kier molecular flexibility index (Phi) is 4.79. The van der Waals surface area contributed by atoms with E-state index in [0.29, 0.717) is 13.1 Å². The van der Waals surface area contributed by atoms with Crippen molar-refractivity contribution < 1.29 is 19.0 Å². The lowest BCUT2D eigenvalue weighted by molar-refractivity contribution is -0.232. The van der Waals surface area contributed by atoms with Gasteiger partial charge in [0.05, 0.1) is 0 Å². The van der Waals surface area contributed by atoms with E-state index in [2.05, 4.69) is 0 Å².